The van der Waals surface area contributed by atoms with Gasteiger partial charge in [0.25, 0.3) is 5.91 Å². The molecule has 1 aromatic carbocycles. The molecule has 1 amide bonds. The standard InChI is InChI=1S/C17H19N5OS/c23-17(14-1-2-15-16(11-14)24-13-19-15)22-9-7-20(8-10-22)5-6-21-4-3-18-12-21/h1-4,11-13H,5-10H2. The second-order valence-electron chi connectivity index (χ2n) is 5.97. The third-order valence-electron chi connectivity index (χ3n) is 4.47. The number of hydrogen-bond acceptors (Lipinski definition) is 5. The maximum atomic E-state index is 12.7. The maximum Gasteiger partial charge on any atom is 0.253 e. The van der Waals surface area contributed by atoms with E-state index in [1.165, 1.54) is 0 Å². The zero-order valence-corrected chi connectivity index (χ0v) is 14.2. The van der Waals surface area contributed by atoms with Crippen LogP contribution in [0.25, 0.3) is 10.2 Å². The number of thiazole rings is 1. The number of benzene rings is 1. The highest BCUT2D eigenvalue weighted by atomic mass is 32.1. The van der Waals surface area contributed by atoms with E-state index >= 15 is 0 Å². The molecule has 6 nitrogen and oxygen atoms in total. The number of aromatic nitrogens is 3. The summed E-state index contributed by atoms with van der Waals surface area (Å²) >= 11 is 1.57. The van der Waals surface area contributed by atoms with Gasteiger partial charge in [-0.15, -0.1) is 11.3 Å². The Kier molecular flexibility index (Phi) is 4.27. The molecule has 7 heteroatoms. The fraction of sp³-hybridized carbons (Fsp3) is 0.353. The van der Waals surface area contributed by atoms with Gasteiger partial charge in [0, 0.05) is 57.2 Å². The molecule has 0 aliphatic carbocycles. The van der Waals surface area contributed by atoms with E-state index in [1.54, 1.807) is 17.5 Å². The van der Waals surface area contributed by atoms with E-state index in [9.17, 15) is 4.79 Å². The van der Waals surface area contributed by atoms with Gasteiger partial charge in [0.15, 0.2) is 0 Å². The maximum absolute atomic E-state index is 12.7. The van der Waals surface area contributed by atoms with Crippen molar-refractivity contribution in [3.63, 3.8) is 0 Å². The van der Waals surface area contributed by atoms with Crippen LogP contribution in [0, 0.1) is 0 Å². The smallest absolute Gasteiger partial charge is 0.253 e. The molecular weight excluding hydrogens is 322 g/mol. The molecule has 0 bridgehead atoms. The van der Waals surface area contributed by atoms with Crippen molar-refractivity contribution in [2.75, 3.05) is 32.7 Å². The SMILES string of the molecule is O=C(c1ccc2ncsc2c1)N1CCN(CCn2ccnc2)CC1. The second kappa shape index (κ2) is 6.70. The lowest BCUT2D eigenvalue weighted by atomic mass is 10.1. The first kappa shape index (κ1) is 15.3. The van der Waals surface area contributed by atoms with Crippen LogP contribution in [0.5, 0.6) is 0 Å². The predicted octanol–water partition coefficient (Wildman–Crippen LogP) is 1.95. The Balaban J connectivity index is 1.33. The number of nitrogens with zero attached hydrogens (tertiary/aromatic N) is 5. The zero-order valence-electron chi connectivity index (χ0n) is 13.3. The van der Waals surface area contributed by atoms with Crippen molar-refractivity contribution in [2.45, 2.75) is 6.54 Å². The van der Waals surface area contributed by atoms with E-state index in [0.717, 1.165) is 55.0 Å². The Morgan fingerprint density at radius 1 is 1.17 bits per heavy atom. The monoisotopic (exact) mass is 341 g/mol. The molecule has 0 unspecified atom stereocenters. The number of hydrogen-bond donors (Lipinski definition) is 0. The lowest BCUT2D eigenvalue weighted by Gasteiger charge is -2.34. The average Bonchev–Trinajstić information content (AvgIpc) is 3.30. The van der Waals surface area contributed by atoms with Crippen molar-refractivity contribution in [1.29, 1.82) is 0 Å². The lowest BCUT2D eigenvalue weighted by Crippen LogP contribution is -2.49. The molecule has 4 rings (SSSR count). The summed E-state index contributed by atoms with van der Waals surface area (Å²) in [6, 6.07) is 5.77. The van der Waals surface area contributed by atoms with Gasteiger partial charge in [-0.3, -0.25) is 9.69 Å². The highest BCUT2D eigenvalue weighted by Crippen LogP contribution is 2.20. The highest BCUT2D eigenvalue weighted by Gasteiger charge is 2.22. The highest BCUT2D eigenvalue weighted by molar-refractivity contribution is 7.16. The first-order chi connectivity index (χ1) is 11.8. The third kappa shape index (κ3) is 3.18. The van der Waals surface area contributed by atoms with Gasteiger partial charge in [0.1, 0.15) is 0 Å². The molecule has 2 aromatic heterocycles. The van der Waals surface area contributed by atoms with Crippen molar-refractivity contribution < 1.29 is 4.79 Å². The van der Waals surface area contributed by atoms with E-state index in [0.29, 0.717) is 0 Å². The molecule has 0 saturated carbocycles. The van der Waals surface area contributed by atoms with Crippen molar-refractivity contribution in [3.05, 3.63) is 48.0 Å². The van der Waals surface area contributed by atoms with E-state index in [-0.39, 0.29) is 5.91 Å². The summed E-state index contributed by atoms with van der Waals surface area (Å²) in [4.78, 5) is 25.4. The van der Waals surface area contributed by atoms with Crippen LogP contribution in [0.2, 0.25) is 0 Å². The number of carbonyl (C=O) groups is 1. The third-order valence-corrected chi connectivity index (χ3v) is 5.26. The Labute approximate surface area is 144 Å². The molecule has 3 heterocycles. The fourth-order valence-electron chi connectivity index (χ4n) is 3.02. The normalized spacial score (nSPS) is 15.9. The topological polar surface area (TPSA) is 54.3 Å². The van der Waals surface area contributed by atoms with Crippen molar-refractivity contribution >= 4 is 27.5 Å². The second-order valence-corrected chi connectivity index (χ2v) is 6.86. The molecular formula is C17H19N5OS. The Morgan fingerprint density at radius 3 is 2.83 bits per heavy atom. The van der Waals surface area contributed by atoms with Crippen LogP contribution < -0.4 is 0 Å². The minimum absolute atomic E-state index is 0.125. The first-order valence-corrected chi connectivity index (χ1v) is 8.98. The minimum atomic E-state index is 0.125. The summed E-state index contributed by atoms with van der Waals surface area (Å²) in [5.41, 5.74) is 3.54. The van der Waals surface area contributed by atoms with Gasteiger partial charge in [0.2, 0.25) is 0 Å². The Bertz CT molecular complexity index is 821. The summed E-state index contributed by atoms with van der Waals surface area (Å²) < 4.78 is 3.15. The van der Waals surface area contributed by atoms with Crippen molar-refractivity contribution in [2.24, 2.45) is 0 Å². The van der Waals surface area contributed by atoms with E-state index in [1.807, 2.05) is 41.1 Å². The van der Waals surface area contributed by atoms with Gasteiger partial charge < -0.3 is 9.47 Å². The van der Waals surface area contributed by atoms with Crippen LogP contribution in [-0.2, 0) is 6.54 Å². The fourth-order valence-corrected chi connectivity index (χ4v) is 3.74. The Morgan fingerprint density at radius 2 is 2.04 bits per heavy atom. The molecule has 0 spiro atoms. The number of imidazole rings is 1. The van der Waals surface area contributed by atoms with Crippen LogP contribution in [0.15, 0.2) is 42.4 Å². The van der Waals surface area contributed by atoms with E-state index in [2.05, 4.69) is 19.4 Å². The van der Waals surface area contributed by atoms with Gasteiger partial charge in [-0.25, -0.2) is 9.97 Å². The van der Waals surface area contributed by atoms with Crippen molar-refractivity contribution in [1.82, 2.24) is 24.3 Å². The summed E-state index contributed by atoms with van der Waals surface area (Å²) in [5.74, 6) is 0.125. The molecule has 0 N–H and O–H groups in total. The molecule has 1 aliphatic rings. The number of piperazine rings is 1. The first-order valence-electron chi connectivity index (χ1n) is 8.10. The summed E-state index contributed by atoms with van der Waals surface area (Å²) in [7, 11) is 0. The van der Waals surface area contributed by atoms with Crippen LogP contribution >= 0.6 is 11.3 Å². The van der Waals surface area contributed by atoms with Gasteiger partial charge in [-0.05, 0) is 18.2 Å². The van der Waals surface area contributed by atoms with Gasteiger partial charge in [-0.1, -0.05) is 0 Å². The van der Waals surface area contributed by atoms with Crippen molar-refractivity contribution in [3.8, 4) is 0 Å². The molecule has 0 radical (unpaired) electrons. The number of amides is 1. The average molecular weight is 341 g/mol. The molecule has 24 heavy (non-hydrogen) atoms. The minimum Gasteiger partial charge on any atom is -0.336 e. The van der Waals surface area contributed by atoms with Crippen LogP contribution in [0.4, 0.5) is 0 Å². The lowest BCUT2D eigenvalue weighted by molar-refractivity contribution is 0.0633. The summed E-state index contributed by atoms with van der Waals surface area (Å²) in [6.07, 6.45) is 5.63. The summed E-state index contributed by atoms with van der Waals surface area (Å²) in [6.45, 7) is 5.33. The molecule has 124 valence electrons. The van der Waals surface area contributed by atoms with Crippen LogP contribution in [0.1, 0.15) is 10.4 Å². The number of carbonyl (C=O) groups excluding carboxylic acids is 1. The van der Waals surface area contributed by atoms with Crippen LogP contribution in [0.3, 0.4) is 0 Å². The molecule has 0 atom stereocenters. The largest absolute Gasteiger partial charge is 0.336 e. The quantitative estimate of drug-likeness (QED) is 0.728. The molecule has 1 saturated heterocycles. The van der Waals surface area contributed by atoms with Gasteiger partial charge in [-0.2, -0.15) is 0 Å². The summed E-state index contributed by atoms with van der Waals surface area (Å²) in [5, 5.41) is 0. The molecule has 1 fully saturated rings. The Hall–Kier alpha value is -2.25. The molecule has 1 aliphatic heterocycles. The van der Waals surface area contributed by atoms with E-state index in [4.69, 9.17) is 0 Å². The van der Waals surface area contributed by atoms with Crippen LogP contribution in [-0.4, -0.2) is 63.0 Å². The molecule has 3 aromatic rings. The van der Waals surface area contributed by atoms with E-state index < -0.39 is 0 Å². The zero-order chi connectivity index (χ0) is 16.4. The van der Waals surface area contributed by atoms with Gasteiger partial charge in [0.05, 0.1) is 22.1 Å². The predicted molar refractivity (Wildman–Crippen MR) is 94.2 cm³/mol. The van der Waals surface area contributed by atoms with Gasteiger partial charge >= 0.3 is 0 Å². The number of rotatable bonds is 4. The number of fused-ring (bicyclic) bond motifs is 1.